The lowest BCUT2D eigenvalue weighted by Gasteiger charge is -2.44. The summed E-state index contributed by atoms with van der Waals surface area (Å²) in [5.41, 5.74) is 7.12. The van der Waals surface area contributed by atoms with Gasteiger partial charge in [-0.05, 0) is 40.1 Å². The Bertz CT molecular complexity index is 1260. The van der Waals surface area contributed by atoms with Crippen LogP contribution in [0.15, 0.2) is 66.7 Å². The first kappa shape index (κ1) is 28.8. The number of carbonyl (C=O) groups is 1. The van der Waals surface area contributed by atoms with Gasteiger partial charge in [-0.3, -0.25) is 10.2 Å². The average molecular weight is 557 g/mol. The second-order valence-electron chi connectivity index (χ2n) is 9.23. The Morgan fingerprint density at radius 1 is 1.08 bits per heavy atom. The second kappa shape index (κ2) is 13.7. The number of guanidine groups is 1. The van der Waals surface area contributed by atoms with E-state index in [-0.39, 0.29) is 25.7 Å². The summed E-state index contributed by atoms with van der Waals surface area (Å²) in [6, 6.07) is 20.5. The van der Waals surface area contributed by atoms with Gasteiger partial charge < -0.3 is 40.4 Å². The van der Waals surface area contributed by atoms with Gasteiger partial charge in [-0.25, -0.2) is 0 Å². The van der Waals surface area contributed by atoms with Crippen LogP contribution < -0.4 is 16.4 Å². The van der Waals surface area contributed by atoms with Crippen molar-refractivity contribution in [2.24, 2.45) is 5.73 Å². The van der Waals surface area contributed by atoms with E-state index in [4.69, 9.17) is 41.7 Å². The Balaban J connectivity index is 1.44. The van der Waals surface area contributed by atoms with Crippen LogP contribution in [0.4, 0.5) is 0 Å². The molecule has 11 heteroatoms. The number of aliphatic hydroxyl groups is 1. The molecule has 0 aromatic heterocycles. The van der Waals surface area contributed by atoms with E-state index in [0.29, 0.717) is 11.6 Å². The lowest BCUT2D eigenvalue weighted by molar-refractivity contribution is -0.279. The number of carbonyl (C=O) groups excluding carboxylic acids is 1. The third-order valence-electron chi connectivity index (χ3n) is 6.41. The number of hydrogen-bond donors (Lipinski definition) is 5. The van der Waals surface area contributed by atoms with E-state index in [9.17, 15) is 9.90 Å². The highest BCUT2D eigenvalue weighted by Gasteiger charge is 2.47. The molecule has 3 unspecified atom stereocenters. The number of aliphatic hydroxyl groups excluding tert-OH is 1. The van der Waals surface area contributed by atoms with E-state index in [1.54, 1.807) is 12.1 Å². The normalized spacial score (nSPS) is 22.9. The molecule has 0 saturated carbocycles. The number of halogens is 1. The molecule has 1 heterocycles. The summed E-state index contributed by atoms with van der Waals surface area (Å²) in [6.07, 6.45) is -3.73. The summed E-state index contributed by atoms with van der Waals surface area (Å²) in [6.45, 7) is 0.321. The maximum absolute atomic E-state index is 12.5. The number of benzene rings is 3. The predicted octanol–water partition coefficient (Wildman–Crippen LogP) is 2.30. The van der Waals surface area contributed by atoms with Gasteiger partial charge in [-0.15, -0.1) is 0 Å². The molecule has 6 N–H and O–H groups in total. The number of ether oxygens (including phenoxy) is 4. The molecule has 1 amide bonds. The van der Waals surface area contributed by atoms with Crippen molar-refractivity contribution in [3.63, 3.8) is 0 Å². The van der Waals surface area contributed by atoms with Gasteiger partial charge in [0, 0.05) is 12.1 Å². The fourth-order valence-electron chi connectivity index (χ4n) is 4.43. The van der Waals surface area contributed by atoms with Crippen LogP contribution in [0.5, 0.6) is 0 Å². The van der Waals surface area contributed by atoms with Crippen molar-refractivity contribution >= 4 is 34.2 Å². The molecular weight excluding hydrogens is 524 g/mol. The van der Waals surface area contributed by atoms with Crippen molar-refractivity contribution in [3.8, 4) is 0 Å². The molecule has 3 aromatic rings. The first-order chi connectivity index (χ1) is 18.8. The van der Waals surface area contributed by atoms with Crippen LogP contribution in [-0.4, -0.2) is 67.9 Å². The fraction of sp³-hybridized carbons (Fsp3) is 0.357. The van der Waals surface area contributed by atoms with Crippen molar-refractivity contribution in [2.75, 3.05) is 20.3 Å². The molecule has 1 aliphatic heterocycles. The number of nitrogens with one attached hydrogen (secondary N) is 3. The molecule has 5 atom stereocenters. The monoisotopic (exact) mass is 556 g/mol. The number of hydrogen-bond acceptors (Lipinski definition) is 7. The van der Waals surface area contributed by atoms with Gasteiger partial charge in [0.15, 0.2) is 12.2 Å². The molecule has 39 heavy (non-hydrogen) atoms. The maximum atomic E-state index is 12.5. The SMILES string of the molecule is COC1C(NC(=O)CNC(=N)N)[C@H](OCc2ccc(Cl)cc2)OC(COCc2ccc3ccccc3c2)[C@H]1O. The number of methoxy groups -OCH3 is 1. The summed E-state index contributed by atoms with van der Waals surface area (Å²) in [7, 11) is 1.44. The Labute approximate surface area is 231 Å². The van der Waals surface area contributed by atoms with Crippen LogP contribution in [-0.2, 0) is 37.0 Å². The minimum absolute atomic E-state index is 0.0707. The van der Waals surface area contributed by atoms with Gasteiger partial charge in [0.25, 0.3) is 0 Å². The molecule has 4 rings (SSSR count). The predicted molar refractivity (Wildman–Crippen MR) is 147 cm³/mol. The van der Waals surface area contributed by atoms with E-state index >= 15 is 0 Å². The van der Waals surface area contributed by atoms with E-state index < -0.39 is 36.6 Å². The third kappa shape index (κ3) is 7.89. The fourth-order valence-corrected chi connectivity index (χ4v) is 4.55. The Hall–Kier alpha value is -3.25. The van der Waals surface area contributed by atoms with Gasteiger partial charge in [0.2, 0.25) is 5.91 Å². The summed E-state index contributed by atoms with van der Waals surface area (Å²) in [5.74, 6) is -0.813. The molecule has 1 saturated heterocycles. The van der Waals surface area contributed by atoms with Crippen molar-refractivity contribution in [1.29, 1.82) is 5.41 Å². The zero-order chi connectivity index (χ0) is 27.8. The summed E-state index contributed by atoms with van der Waals surface area (Å²) in [4.78, 5) is 12.5. The van der Waals surface area contributed by atoms with Gasteiger partial charge >= 0.3 is 0 Å². The molecule has 10 nitrogen and oxygen atoms in total. The van der Waals surface area contributed by atoms with Crippen molar-refractivity contribution in [3.05, 3.63) is 82.9 Å². The van der Waals surface area contributed by atoms with E-state index in [2.05, 4.69) is 16.7 Å². The second-order valence-corrected chi connectivity index (χ2v) is 9.66. The van der Waals surface area contributed by atoms with Gasteiger partial charge in [0.05, 0.1) is 26.4 Å². The number of nitrogens with two attached hydrogens (primary N) is 1. The molecule has 0 spiro atoms. The largest absolute Gasteiger partial charge is 0.388 e. The van der Waals surface area contributed by atoms with Crippen LogP contribution >= 0.6 is 11.6 Å². The van der Waals surface area contributed by atoms with Crippen LogP contribution in [0.25, 0.3) is 10.8 Å². The smallest absolute Gasteiger partial charge is 0.239 e. The van der Waals surface area contributed by atoms with Gasteiger partial charge in [0.1, 0.15) is 24.4 Å². The van der Waals surface area contributed by atoms with Crippen LogP contribution in [0.1, 0.15) is 11.1 Å². The molecule has 208 valence electrons. The highest BCUT2D eigenvalue weighted by atomic mass is 35.5. The summed E-state index contributed by atoms with van der Waals surface area (Å²) >= 11 is 5.99. The molecule has 1 fully saturated rings. The summed E-state index contributed by atoms with van der Waals surface area (Å²) in [5, 5.41) is 26.4. The van der Waals surface area contributed by atoms with Crippen LogP contribution in [0, 0.1) is 5.41 Å². The molecule has 3 aromatic carbocycles. The first-order valence-corrected chi connectivity index (χ1v) is 12.9. The quantitative estimate of drug-likeness (QED) is 0.178. The first-order valence-electron chi connectivity index (χ1n) is 12.5. The highest BCUT2D eigenvalue weighted by Crippen LogP contribution is 2.26. The molecule has 0 aliphatic carbocycles. The third-order valence-corrected chi connectivity index (χ3v) is 6.66. The molecule has 1 aliphatic rings. The van der Waals surface area contributed by atoms with Gasteiger partial charge in [-0.1, -0.05) is 60.1 Å². The minimum Gasteiger partial charge on any atom is -0.388 e. The van der Waals surface area contributed by atoms with E-state index in [1.165, 1.54) is 7.11 Å². The topological polar surface area (TPSA) is 148 Å². The van der Waals surface area contributed by atoms with Gasteiger partial charge in [-0.2, -0.15) is 0 Å². The zero-order valence-corrected chi connectivity index (χ0v) is 22.3. The Morgan fingerprint density at radius 2 is 1.79 bits per heavy atom. The van der Waals surface area contributed by atoms with Crippen molar-refractivity contribution in [1.82, 2.24) is 10.6 Å². The molecule has 0 bridgehead atoms. The Morgan fingerprint density at radius 3 is 2.51 bits per heavy atom. The molecule has 0 radical (unpaired) electrons. The van der Waals surface area contributed by atoms with Crippen LogP contribution in [0.2, 0.25) is 5.02 Å². The molecular formula is C28H33ClN4O6. The lowest BCUT2D eigenvalue weighted by Crippen LogP contribution is -2.66. The van der Waals surface area contributed by atoms with Crippen molar-refractivity contribution < 1.29 is 28.8 Å². The van der Waals surface area contributed by atoms with Crippen LogP contribution in [0.3, 0.4) is 0 Å². The summed E-state index contributed by atoms with van der Waals surface area (Å²) < 4.78 is 23.7. The van der Waals surface area contributed by atoms with Crippen molar-refractivity contribution in [2.45, 2.75) is 43.9 Å². The zero-order valence-electron chi connectivity index (χ0n) is 21.5. The average Bonchev–Trinajstić information content (AvgIpc) is 2.93. The standard InChI is InChI=1S/C28H33ClN4O6/c1-36-26-24(33-23(34)13-32-28(30)31)27(38-15-17-7-10-21(29)11-8-17)39-22(25(26)35)16-37-14-18-6-9-19-4-2-3-5-20(19)12-18/h2-12,22,24-27,35H,13-16H2,1H3,(H,33,34)(H4,30,31,32)/t22?,24?,25-,26?,27-/m1/s1. The highest BCUT2D eigenvalue weighted by molar-refractivity contribution is 6.30. The number of rotatable bonds is 11. The van der Waals surface area contributed by atoms with E-state index in [0.717, 1.165) is 21.9 Å². The Kier molecular flexibility index (Phi) is 10.1. The number of amides is 1. The van der Waals surface area contributed by atoms with E-state index in [1.807, 2.05) is 48.5 Å². The number of fused-ring (bicyclic) bond motifs is 1. The lowest BCUT2D eigenvalue weighted by atomic mass is 9.96. The maximum Gasteiger partial charge on any atom is 0.239 e. The minimum atomic E-state index is -1.12.